The maximum atomic E-state index is 5.44. The van der Waals surface area contributed by atoms with Crippen molar-refractivity contribution in [2.45, 2.75) is 0 Å². The summed E-state index contributed by atoms with van der Waals surface area (Å²) in [6.07, 6.45) is 0. The Morgan fingerprint density at radius 2 is 0.684 bits per heavy atom. The lowest BCUT2D eigenvalue weighted by molar-refractivity contribution is 0.893. The third-order valence-electron chi connectivity index (χ3n) is 11.8. The largest absolute Gasteiger partial charge is 0.308 e. The normalized spacial score (nSPS) is 12.2. The van der Waals surface area contributed by atoms with E-state index in [-0.39, 0.29) is 0 Å². The fourth-order valence-electron chi connectivity index (χ4n) is 9.40. The molecule has 0 spiro atoms. The van der Waals surface area contributed by atoms with E-state index in [1.54, 1.807) is 0 Å². The molecule has 6 heteroatoms. The predicted molar refractivity (Wildman–Crippen MR) is 234 cm³/mol. The highest BCUT2D eigenvalue weighted by Gasteiger charge is 2.23. The van der Waals surface area contributed by atoms with Crippen LogP contribution in [0.2, 0.25) is 0 Å². The summed E-state index contributed by atoms with van der Waals surface area (Å²) in [5.74, 6) is 1.75. The molecule has 0 bridgehead atoms. The Balaban J connectivity index is 1.15. The lowest BCUT2D eigenvalue weighted by atomic mass is 10.0. The van der Waals surface area contributed by atoms with Gasteiger partial charge in [0.05, 0.1) is 38.6 Å². The van der Waals surface area contributed by atoms with E-state index in [0.29, 0.717) is 17.7 Å². The van der Waals surface area contributed by atoms with Gasteiger partial charge in [0.1, 0.15) is 0 Å². The van der Waals surface area contributed by atoms with Crippen molar-refractivity contribution in [2.75, 3.05) is 0 Å². The van der Waals surface area contributed by atoms with Gasteiger partial charge in [0.25, 0.3) is 0 Å². The number of hydrogen-bond acceptors (Lipinski definition) is 3. The van der Waals surface area contributed by atoms with Gasteiger partial charge >= 0.3 is 0 Å². The molecule has 0 unspecified atom stereocenters. The molecule has 0 N–H and O–H groups in total. The molecule has 264 valence electrons. The van der Waals surface area contributed by atoms with E-state index in [1.807, 2.05) is 0 Å². The van der Waals surface area contributed by atoms with E-state index < -0.39 is 0 Å². The molecule has 0 saturated carbocycles. The smallest absolute Gasteiger partial charge is 0.240 e. The molecule has 0 amide bonds. The second-order valence-corrected chi connectivity index (χ2v) is 14.9. The van der Waals surface area contributed by atoms with Crippen LogP contribution in [-0.2, 0) is 0 Å². The van der Waals surface area contributed by atoms with Gasteiger partial charge in [-0.05, 0) is 65.7 Å². The van der Waals surface area contributed by atoms with Crippen LogP contribution in [-0.4, -0.2) is 28.5 Å². The number of para-hydroxylation sites is 5. The Hall–Kier alpha value is -7.83. The number of fused-ring (bicyclic) bond motifs is 12. The van der Waals surface area contributed by atoms with Crippen molar-refractivity contribution < 1.29 is 0 Å². The van der Waals surface area contributed by atoms with Crippen molar-refractivity contribution in [3.05, 3.63) is 182 Å². The van der Waals surface area contributed by atoms with E-state index in [2.05, 4.69) is 196 Å². The minimum absolute atomic E-state index is 0.565. The molecule has 0 radical (unpaired) electrons. The third kappa shape index (κ3) is 4.21. The molecule has 57 heavy (non-hydrogen) atoms. The molecule has 0 saturated heterocycles. The van der Waals surface area contributed by atoms with Gasteiger partial charge in [-0.1, -0.05) is 127 Å². The lowest BCUT2D eigenvalue weighted by Gasteiger charge is -2.13. The van der Waals surface area contributed by atoms with E-state index >= 15 is 0 Å². The molecule has 0 atom stereocenters. The molecular formula is C51H30N6. The van der Waals surface area contributed by atoms with Crippen LogP contribution >= 0.6 is 0 Å². The fraction of sp³-hybridized carbons (Fsp3) is 0. The first-order chi connectivity index (χ1) is 28.3. The standard InChI is InChI=1S/C51H30N6/c1-2-14-31(15-3-1)32-26-27-47-39(28-32)36-18-6-13-25-46(36)57(47)51-53-49(52-50(54-51)56-44-23-11-4-16-34(44)35-17-5-12-24-45(35)56)33-29-40-37-19-7-9-21-42(37)55-43-22-10-8-20-38(43)41(30-33)48(40)55/h1-30H. The van der Waals surface area contributed by atoms with Gasteiger partial charge in [-0.2, -0.15) is 15.0 Å². The summed E-state index contributed by atoms with van der Waals surface area (Å²) >= 11 is 0. The first-order valence-corrected chi connectivity index (χ1v) is 19.3. The molecule has 0 fully saturated rings. The summed E-state index contributed by atoms with van der Waals surface area (Å²) in [6.45, 7) is 0. The molecule has 0 aliphatic heterocycles. The molecule has 5 aromatic heterocycles. The topological polar surface area (TPSA) is 52.9 Å². The van der Waals surface area contributed by atoms with Crippen molar-refractivity contribution in [3.63, 3.8) is 0 Å². The average Bonchev–Trinajstić information content (AvgIpc) is 4.00. The quantitative estimate of drug-likeness (QED) is 0.181. The van der Waals surface area contributed by atoms with E-state index in [0.717, 1.165) is 49.2 Å². The Kier molecular flexibility index (Phi) is 6.07. The van der Waals surface area contributed by atoms with Crippen LogP contribution < -0.4 is 0 Å². The molecule has 8 aromatic carbocycles. The molecule has 13 aromatic rings. The van der Waals surface area contributed by atoms with Gasteiger partial charge < -0.3 is 4.40 Å². The van der Waals surface area contributed by atoms with Gasteiger partial charge in [0.15, 0.2) is 5.82 Å². The number of rotatable bonds is 4. The van der Waals surface area contributed by atoms with Crippen LogP contribution in [0, 0.1) is 0 Å². The predicted octanol–water partition coefficient (Wildman–Crippen LogP) is 12.5. The lowest BCUT2D eigenvalue weighted by Crippen LogP contribution is -2.10. The zero-order valence-electron chi connectivity index (χ0n) is 30.5. The zero-order valence-corrected chi connectivity index (χ0v) is 30.5. The van der Waals surface area contributed by atoms with Crippen LogP contribution in [0.5, 0.6) is 0 Å². The number of hydrogen-bond donors (Lipinski definition) is 0. The third-order valence-corrected chi connectivity index (χ3v) is 11.8. The Morgan fingerprint density at radius 3 is 1.21 bits per heavy atom. The number of nitrogens with zero attached hydrogens (tertiary/aromatic N) is 6. The van der Waals surface area contributed by atoms with Gasteiger partial charge in [0.2, 0.25) is 11.9 Å². The zero-order chi connectivity index (χ0) is 37.2. The minimum atomic E-state index is 0.565. The Bertz CT molecular complexity index is 3620. The first kappa shape index (κ1) is 30.5. The van der Waals surface area contributed by atoms with E-state index in [1.165, 1.54) is 49.2 Å². The highest BCUT2D eigenvalue weighted by atomic mass is 15.3. The van der Waals surface area contributed by atoms with Crippen LogP contribution in [0.1, 0.15) is 0 Å². The van der Waals surface area contributed by atoms with E-state index in [9.17, 15) is 0 Å². The second kappa shape index (κ2) is 11.4. The van der Waals surface area contributed by atoms with Gasteiger partial charge in [-0.25, -0.2) is 0 Å². The fourth-order valence-corrected chi connectivity index (χ4v) is 9.40. The molecule has 0 aliphatic rings. The first-order valence-electron chi connectivity index (χ1n) is 19.3. The van der Waals surface area contributed by atoms with Crippen molar-refractivity contribution >= 4 is 81.7 Å². The summed E-state index contributed by atoms with van der Waals surface area (Å²) in [4.78, 5) is 16.3. The maximum Gasteiger partial charge on any atom is 0.240 e. The number of aromatic nitrogens is 6. The average molecular weight is 727 g/mol. The highest BCUT2D eigenvalue weighted by molar-refractivity contribution is 6.24. The van der Waals surface area contributed by atoms with Gasteiger partial charge in [-0.3, -0.25) is 9.13 Å². The maximum absolute atomic E-state index is 5.44. The van der Waals surface area contributed by atoms with Crippen LogP contribution in [0.25, 0.3) is 116 Å². The second-order valence-electron chi connectivity index (χ2n) is 14.9. The monoisotopic (exact) mass is 726 g/mol. The van der Waals surface area contributed by atoms with Crippen molar-refractivity contribution in [3.8, 4) is 34.4 Å². The van der Waals surface area contributed by atoms with Crippen LogP contribution in [0.15, 0.2) is 182 Å². The molecular weight excluding hydrogens is 697 g/mol. The van der Waals surface area contributed by atoms with Crippen molar-refractivity contribution in [1.82, 2.24) is 28.5 Å². The van der Waals surface area contributed by atoms with E-state index in [4.69, 9.17) is 15.0 Å². The Labute approximate surface area is 325 Å². The summed E-state index contributed by atoms with van der Waals surface area (Å²) < 4.78 is 6.81. The molecule has 6 nitrogen and oxygen atoms in total. The number of benzene rings is 8. The molecule has 0 aliphatic carbocycles. The van der Waals surface area contributed by atoms with Crippen LogP contribution in [0.4, 0.5) is 0 Å². The molecule has 13 rings (SSSR count). The van der Waals surface area contributed by atoms with Crippen molar-refractivity contribution in [2.24, 2.45) is 0 Å². The summed E-state index contributed by atoms with van der Waals surface area (Å²) in [5.41, 5.74) is 11.0. The molecule has 5 heterocycles. The van der Waals surface area contributed by atoms with Crippen LogP contribution in [0.3, 0.4) is 0 Å². The van der Waals surface area contributed by atoms with Crippen molar-refractivity contribution in [1.29, 1.82) is 0 Å². The summed E-state index contributed by atoms with van der Waals surface area (Å²) in [5, 5.41) is 9.37. The minimum Gasteiger partial charge on any atom is -0.308 e. The summed E-state index contributed by atoms with van der Waals surface area (Å²) in [7, 11) is 0. The van der Waals surface area contributed by atoms with Gasteiger partial charge in [-0.15, -0.1) is 0 Å². The summed E-state index contributed by atoms with van der Waals surface area (Å²) in [6, 6.07) is 64.8. The SMILES string of the molecule is c1ccc(-c2ccc3c(c2)c2ccccc2n3-c2nc(-c3cc4c5ccccc5n5c6ccccc6c(c3)c45)nc(-n3c4ccccc4c4ccccc43)n2)cc1. The highest BCUT2D eigenvalue weighted by Crippen LogP contribution is 2.42. The Morgan fingerprint density at radius 1 is 0.281 bits per heavy atom. The van der Waals surface area contributed by atoms with Gasteiger partial charge in [0, 0.05) is 48.7 Å².